The number of nitrogens with zero attached hydrogens (tertiary/aromatic N) is 2. The number of rotatable bonds is 5. The van der Waals surface area contributed by atoms with Crippen LogP contribution < -0.4 is 5.73 Å². The van der Waals surface area contributed by atoms with Gasteiger partial charge in [-0.25, -0.2) is 0 Å². The zero-order valence-corrected chi connectivity index (χ0v) is 11.4. The highest BCUT2D eigenvalue weighted by atomic mass is 16.5. The van der Waals surface area contributed by atoms with E-state index in [1.54, 1.807) is 11.0 Å². The lowest BCUT2D eigenvalue weighted by Crippen LogP contribution is -2.28. The van der Waals surface area contributed by atoms with E-state index < -0.39 is 0 Å². The van der Waals surface area contributed by atoms with Crippen molar-refractivity contribution in [2.75, 3.05) is 33.7 Å². The van der Waals surface area contributed by atoms with Crippen molar-refractivity contribution in [3.05, 3.63) is 24.1 Å². The van der Waals surface area contributed by atoms with Gasteiger partial charge in [0.2, 0.25) is 5.91 Å². The Hall–Kier alpha value is -1.49. The van der Waals surface area contributed by atoms with Crippen LogP contribution in [0.1, 0.15) is 13.3 Å². The van der Waals surface area contributed by atoms with Crippen molar-refractivity contribution < 1.29 is 9.53 Å². The van der Waals surface area contributed by atoms with Crippen LogP contribution in [-0.4, -0.2) is 55.5 Å². The summed E-state index contributed by atoms with van der Waals surface area (Å²) in [5.41, 5.74) is 5.36. The molecule has 102 valence electrons. The van der Waals surface area contributed by atoms with Gasteiger partial charge in [0, 0.05) is 31.8 Å². The van der Waals surface area contributed by atoms with E-state index >= 15 is 0 Å². The van der Waals surface area contributed by atoms with Crippen LogP contribution in [-0.2, 0) is 9.53 Å². The molecule has 1 unspecified atom stereocenters. The van der Waals surface area contributed by atoms with Crippen LogP contribution in [0.4, 0.5) is 0 Å². The van der Waals surface area contributed by atoms with Crippen LogP contribution in [0, 0.1) is 0 Å². The average Bonchev–Trinajstić information content (AvgIpc) is 2.76. The van der Waals surface area contributed by atoms with Crippen molar-refractivity contribution in [2.24, 2.45) is 5.73 Å². The second-order valence-electron chi connectivity index (χ2n) is 4.75. The molecule has 1 rings (SSSR count). The summed E-state index contributed by atoms with van der Waals surface area (Å²) < 4.78 is 5.59. The Labute approximate surface area is 109 Å². The number of amides is 1. The number of likely N-dealkylation sites (N-methyl/N-ethyl adjacent to an activating group) is 1. The smallest absolute Gasteiger partial charge is 0.246 e. The largest absolute Gasteiger partial charge is 0.492 e. The molecule has 0 saturated carbocycles. The zero-order valence-electron chi connectivity index (χ0n) is 11.4. The van der Waals surface area contributed by atoms with E-state index in [-0.39, 0.29) is 12.0 Å². The van der Waals surface area contributed by atoms with Gasteiger partial charge in [0.05, 0.1) is 6.54 Å². The van der Waals surface area contributed by atoms with Gasteiger partial charge in [0.15, 0.2) is 0 Å². The first-order valence-electron chi connectivity index (χ1n) is 6.18. The Kier molecular flexibility index (Phi) is 5.71. The van der Waals surface area contributed by atoms with Crippen molar-refractivity contribution >= 4 is 5.91 Å². The third-order valence-electron chi connectivity index (χ3n) is 2.77. The molecule has 1 amide bonds. The molecule has 1 heterocycles. The fourth-order valence-electron chi connectivity index (χ4n) is 1.80. The molecular formula is C13H23N3O2. The van der Waals surface area contributed by atoms with E-state index in [0.29, 0.717) is 12.3 Å². The zero-order chi connectivity index (χ0) is 13.5. The second kappa shape index (κ2) is 7.06. The fourth-order valence-corrected chi connectivity index (χ4v) is 1.80. The molecule has 0 spiro atoms. The van der Waals surface area contributed by atoms with Gasteiger partial charge < -0.3 is 20.3 Å². The molecule has 5 heteroatoms. The van der Waals surface area contributed by atoms with Gasteiger partial charge in [0.25, 0.3) is 0 Å². The Morgan fingerprint density at radius 3 is 2.89 bits per heavy atom. The maximum Gasteiger partial charge on any atom is 0.246 e. The van der Waals surface area contributed by atoms with E-state index in [9.17, 15) is 4.79 Å². The molecule has 0 bridgehead atoms. The molecule has 1 fully saturated rings. The molecule has 1 aliphatic heterocycles. The molecule has 5 nitrogen and oxygen atoms in total. The van der Waals surface area contributed by atoms with Crippen LogP contribution in [0.2, 0.25) is 0 Å². The van der Waals surface area contributed by atoms with E-state index in [4.69, 9.17) is 10.5 Å². The molecule has 1 atom stereocenters. The summed E-state index contributed by atoms with van der Waals surface area (Å²) in [6.07, 6.45) is 5.88. The maximum absolute atomic E-state index is 11.9. The molecule has 1 aliphatic rings. The van der Waals surface area contributed by atoms with Crippen molar-refractivity contribution in [1.29, 1.82) is 0 Å². The first kappa shape index (κ1) is 14.6. The number of nitrogens with two attached hydrogens (primary N) is 1. The number of likely N-dealkylation sites (tertiary alicyclic amines) is 1. The van der Waals surface area contributed by atoms with Crippen molar-refractivity contribution in [3.63, 3.8) is 0 Å². The highest BCUT2D eigenvalue weighted by molar-refractivity contribution is 5.87. The van der Waals surface area contributed by atoms with E-state index in [1.165, 1.54) is 6.20 Å². The van der Waals surface area contributed by atoms with Gasteiger partial charge in [-0.1, -0.05) is 6.08 Å². The van der Waals surface area contributed by atoms with Crippen LogP contribution in [0.25, 0.3) is 0 Å². The average molecular weight is 253 g/mol. The first-order chi connectivity index (χ1) is 8.52. The highest BCUT2D eigenvalue weighted by Crippen LogP contribution is 2.15. The molecule has 18 heavy (non-hydrogen) atoms. The minimum atomic E-state index is 0.0531. The number of carbonyl (C=O) groups excluding carboxylic acids is 1. The fraction of sp³-hybridized carbons (Fsp3) is 0.615. The van der Waals surface area contributed by atoms with Gasteiger partial charge in [-0.2, -0.15) is 0 Å². The number of hydrogen-bond acceptors (Lipinski definition) is 4. The molecule has 2 N–H and O–H groups in total. The summed E-state index contributed by atoms with van der Waals surface area (Å²) in [5, 5.41) is 0. The lowest BCUT2D eigenvalue weighted by atomic mass is 10.3. The third kappa shape index (κ3) is 4.79. The molecule has 1 saturated heterocycles. The molecule has 0 aliphatic carbocycles. The molecular weight excluding hydrogens is 230 g/mol. The predicted molar refractivity (Wildman–Crippen MR) is 71.7 cm³/mol. The van der Waals surface area contributed by atoms with Crippen molar-refractivity contribution in [2.45, 2.75) is 19.4 Å². The Balaban J connectivity index is 2.37. The summed E-state index contributed by atoms with van der Waals surface area (Å²) in [6, 6.07) is 0. The van der Waals surface area contributed by atoms with Crippen LogP contribution in [0.15, 0.2) is 24.1 Å². The molecule has 0 aromatic rings. The summed E-state index contributed by atoms with van der Waals surface area (Å²) >= 11 is 0. The number of carbonyl (C=O) groups is 1. The molecule has 0 aromatic carbocycles. The van der Waals surface area contributed by atoms with Crippen LogP contribution in [0.5, 0.6) is 0 Å². The van der Waals surface area contributed by atoms with Crippen molar-refractivity contribution in [3.8, 4) is 0 Å². The van der Waals surface area contributed by atoms with Crippen molar-refractivity contribution in [1.82, 2.24) is 9.80 Å². The maximum atomic E-state index is 11.9. The SMILES string of the molecule is C/C(=C\N)OC1CCN(C(=O)/C=C/CN(C)C)C1. The molecule has 0 aromatic heterocycles. The number of ether oxygens (including phenoxy) is 1. The van der Waals surface area contributed by atoms with Gasteiger partial charge in [-0.15, -0.1) is 0 Å². The number of hydrogen-bond donors (Lipinski definition) is 1. The van der Waals surface area contributed by atoms with Crippen LogP contribution in [0.3, 0.4) is 0 Å². The normalized spacial score (nSPS) is 21.0. The van der Waals surface area contributed by atoms with Gasteiger partial charge >= 0.3 is 0 Å². The lowest BCUT2D eigenvalue weighted by Gasteiger charge is -2.16. The summed E-state index contributed by atoms with van der Waals surface area (Å²) in [6.45, 7) is 3.97. The summed E-state index contributed by atoms with van der Waals surface area (Å²) in [5.74, 6) is 0.759. The standard InChI is InChI=1S/C13H23N3O2/c1-11(9-14)18-12-6-8-16(10-12)13(17)5-4-7-15(2)3/h4-5,9,12H,6-8,10,14H2,1-3H3/b5-4+,11-9+. The highest BCUT2D eigenvalue weighted by Gasteiger charge is 2.26. The summed E-state index contributed by atoms with van der Waals surface area (Å²) in [4.78, 5) is 15.7. The third-order valence-corrected chi connectivity index (χ3v) is 2.77. The molecule has 0 radical (unpaired) electrons. The van der Waals surface area contributed by atoms with Crippen LogP contribution >= 0.6 is 0 Å². The summed E-state index contributed by atoms with van der Waals surface area (Å²) in [7, 11) is 3.94. The second-order valence-corrected chi connectivity index (χ2v) is 4.75. The Morgan fingerprint density at radius 1 is 1.56 bits per heavy atom. The van der Waals surface area contributed by atoms with E-state index in [2.05, 4.69) is 0 Å². The first-order valence-corrected chi connectivity index (χ1v) is 6.18. The van der Waals surface area contributed by atoms with E-state index in [0.717, 1.165) is 19.5 Å². The minimum Gasteiger partial charge on any atom is -0.492 e. The minimum absolute atomic E-state index is 0.0531. The topological polar surface area (TPSA) is 58.8 Å². The lowest BCUT2D eigenvalue weighted by molar-refractivity contribution is -0.125. The number of allylic oxidation sites excluding steroid dienone is 1. The van der Waals surface area contributed by atoms with Gasteiger partial charge in [0.1, 0.15) is 11.9 Å². The van der Waals surface area contributed by atoms with E-state index in [1.807, 2.05) is 32.0 Å². The Morgan fingerprint density at radius 2 is 2.28 bits per heavy atom. The van der Waals surface area contributed by atoms with Gasteiger partial charge in [-0.05, 0) is 21.0 Å². The Bertz CT molecular complexity index is 337. The predicted octanol–water partition coefficient (Wildman–Crippen LogP) is 0.542. The quantitative estimate of drug-likeness (QED) is 0.574. The van der Waals surface area contributed by atoms with Gasteiger partial charge in [-0.3, -0.25) is 4.79 Å². The monoisotopic (exact) mass is 253 g/mol.